The van der Waals surface area contributed by atoms with Gasteiger partial charge in [0.25, 0.3) is 0 Å². The molecule has 1 unspecified atom stereocenters. The maximum Gasteiger partial charge on any atom is 0.419 e. The quantitative estimate of drug-likeness (QED) is 0.380. The zero-order valence-electron chi connectivity index (χ0n) is 18.9. The average molecular weight is 555 g/mol. The molecule has 1 aliphatic heterocycles. The minimum atomic E-state index is -5.90. The summed E-state index contributed by atoms with van der Waals surface area (Å²) in [5.41, 5.74) is -2.41. The van der Waals surface area contributed by atoms with Crippen LogP contribution in [0, 0.1) is 0 Å². The summed E-state index contributed by atoms with van der Waals surface area (Å²) in [7, 11) is -2.24. The van der Waals surface area contributed by atoms with Gasteiger partial charge >= 0.3 is 18.5 Å². The molecule has 15 heteroatoms. The van der Waals surface area contributed by atoms with Crippen LogP contribution in [0.1, 0.15) is 19.4 Å². The fraction of sp³-hybridized carbons (Fsp3) is 0.524. The largest absolute Gasteiger partial charge is 0.419 e. The molecule has 0 spiro atoms. The Morgan fingerprint density at radius 3 is 2.14 bits per heavy atom. The summed E-state index contributed by atoms with van der Waals surface area (Å²) in [4.78, 5) is 0.942. The molecule has 0 aromatic heterocycles. The summed E-state index contributed by atoms with van der Waals surface area (Å²) in [6.45, 7) is 1.76. The van der Waals surface area contributed by atoms with E-state index in [-0.39, 0.29) is 24.5 Å². The summed E-state index contributed by atoms with van der Waals surface area (Å²) < 4.78 is 147. The van der Waals surface area contributed by atoms with Crippen molar-refractivity contribution >= 4 is 11.0 Å². The number of nitrogens with two attached hydrogens (primary N) is 1. The summed E-state index contributed by atoms with van der Waals surface area (Å²) in [6.07, 6.45) is -15.4. The number of benzene rings is 1. The number of alkyl halides is 9. The molecule has 0 amide bonds. The molecule has 0 saturated carbocycles. The van der Waals surface area contributed by atoms with E-state index in [9.17, 15) is 48.1 Å². The molecule has 1 fully saturated rings. The highest BCUT2D eigenvalue weighted by molar-refractivity contribution is 7.82. The highest BCUT2D eigenvalue weighted by Gasteiger charge is 2.69. The van der Waals surface area contributed by atoms with Crippen molar-refractivity contribution in [3.8, 4) is 0 Å². The minimum Gasteiger partial charge on any atom is -0.306 e. The van der Waals surface area contributed by atoms with Crippen molar-refractivity contribution in [3.63, 3.8) is 0 Å². The molecule has 2 atom stereocenters. The Morgan fingerprint density at radius 1 is 1.08 bits per heavy atom. The normalized spacial score (nSPS) is 21.1. The molecule has 36 heavy (non-hydrogen) atoms. The monoisotopic (exact) mass is 555 g/mol. The van der Waals surface area contributed by atoms with Crippen molar-refractivity contribution in [2.75, 3.05) is 26.2 Å². The molecule has 1 heterocycles. The lowest BCUT2D eigenvalue weighted by atomic mass is 9.89. The predicted molar refractivity (Wildman–Crippen MR) is 112 cm³/mol. The number of piperazine rings is 1. The van der Waals surface area contributed by atoms with E-state index in [2.05, 4.69) is 0 Å². The van der Waals surface area contributed by atoms with Gasteiger partial charge in [0.2, 0.25) is 5.54 Å². The Labute approximate surface area is 203 Å². The highest BCUT2D eigenvalue weighted by atomic mass is 32.2. The summed E-state index contributed by atoms with van der Waals surface area (Å²) in [6, 6.07) is 2.20. The second-order valence-corrected chi connectivity index (χ2v) is 9.58. The molecule has 1 aliphatic rings. The van der Waals surface area contributed by atoms with E-state index < -0.39 is 64.6 Å². The number of nitrogens with zero attached hydrogens (tertiary/aromatic N) is 2. The van der Waals surface area contributed by atoms with Crippen molar-refractivity contribution < 1.29 is 48.1 Å². The fourth-order valence-electron chi connectivity index (χ4n) is 3.59. The second kappa shape index (κ2) is 10.8. The van der Waals surface area contributed by atoms with E-state index >= 15 is 0 Å². The highest BCUT2D eigenvalue weighted by Crippen LogP contribution is 2.48. The molecule has 1 aromatic carbocycles. The molecule has 2 N–H and O–H groups in total. The number of hydrogen-bond donors (Lipinski definition) is 1. The Morgan fingerprint density at radius 2 is 1.67 bits per heavy atom. The van der Waals surface area contributed by atoms with Crippen LogP contribution in [-0.2, 0) is 16.5 Å². The Hall–Kier alpha value is -1.97. The van der Waals surface area contributed by atoms with Crippen molar-refractivity contribution in [3.05, 3.63) is 53.4 Å². The molecule has 0 bridgehead atoms. The van der Waals surface area contributed by atoms with Crippen LogP contribution < -0.4 is 5.73 Å². The Kier molecular flexibility index (Phi) is 9.07. The van der Waals surface area contributed by atoms with Gasteiger partial charge in [0.15, 0.2) is 0 Å². The zero-order valence-corrected chi connectivity index (χ0v) is 19.8. The maximum absolute atomic E-state index is 13.4. The smallest absolute Gasteiger partial charge is 0.306 e. The average Bonchev–Trinajstić information content (AvgIpc) is 2.75. The first kappa shape index (κ1) is 30.3. The zero-order chi connectivity index (χ0) is 27.7. The third-order valence-corrected chi connectivity index (χ3v) is 7.22. The van der Waals surface area contributed by atoms with E-state index in [1.165, 1.54) is 23.1 Å². The van der Waals surface area contributed by atoms with Gasteiger partial charge in [-0.05, 0) is 37.6 Å². The number of rotatable bonds is 6. The minimum absolute atomic E-state index is 0.0768. The summed E-state index contributed by atoms with van der Waals surface area (Å²) >= 11 is 0. The molecule has 204 valence electrons. The van der Waals surface area contributed by atoms with Crippen molar-refractivity contribution in [1.82, 2.24) is 9.21 Å². The van der Waals surface area contributed by atoms with Gasteiger partial charge in [0.1, 0.15) is 16.8 Å². The van der Waals surface area contributed by atoms with Crippen LogP contribution in [0.15, 0.2) is 52.7 Å². The standard InChI is InChI=1S/C21H23F10N3OS/c1-3-16(22)9-15(19(23,24)25)12-33-7-8-34(13(2)11-33)36(35)17-6-4-5-14(10-17)18(32,20(26,27)28)21(29,30)31/h3-6,9-10,13H,7-8,11-12,32H2,1-2H3/b15-9+,16-3+/t13-,36?/m1/s1. The van der Waals surface area contributed by atoms with Crippen LogP contribution >= 0.6 is 0 Å². The fourth-order valence-corrected chi connectivity index (χ4v) is 4.92. The van der Waals surface area contributed by atoms with Gasteiger partial charge in [-0.1, -0.05) is 18.2 Å². The number of halogens is 10. The summed E-state index contributed by atoms with van der Waals surface area (Å²) in [5.74, 6) is -1.08. The predicted octanol–water partition coefficient (Wildman–Crippen LogP) is 5.36. The van der Waals surface area contributed by atoms with Gasteiger partial charge in [0.05, 0.1) is 4.90 Å². The lowest BCUT2D eigenvalue weighted by molar-refractivity contribution is -0.301. The van der Waals surface area contributed by atoms with Crippen molar-refractivity contribution in [2.45, 2.75) is 48.9 Å². The lowest BCUT2D eigenvalue weighted by Crippen LogP contribution is -2.60. The van der Waals surface area contributed by atoms with Crippen LogP contribution in [0.5, 0.6) is 0 Å². The molecular formula is C21H23F10N3OS. The molecule has 1 saturated heterocycles. The third-order valence-electron chi connectivity index (χ3n) is 5.59. The molecule has 0 radical (unpaired) electrons. The number of allylic oxidation sites excluding steroid dienone is 3. The molecule has 2 rings (SSSR count). The molecular weight excluding hydrogens is 532 g/mol. The van der Waals surface area contributed by atoms with Gasteiger partial charge < -0.3 is 5.73 Å². The van der Waals surface area contributed by atoms with E-state index in [0.29, 0.717) is 18.2 Å². The van der Waals surface area contributed by atoms with Crippen LogP contribution in [0.4, 0.5) is 43.9 Å². The van der Waals surface area contributed by atoms with E-state index in [0.717, 1.165) is 18.2 Å². The number of hydrogen-bond acceptors (Lipinski definition) is 3. The van der Waals surface area contributed by atoms with E-state index in [1.54, 1.807) is 0 Å². The van der Waals surface area contributed by atoms with Crippen LogP contribution in [-0.4, -0.2) is 64.2 Å². The molecule has 4 nitrogen and oxygen atoms in total. The van der Waals surface area contributed by atoms with Gasteiger partial charge in [-0.25, -0.2) is 12.9 Å². The first-order valence-corrected chi connectivity index (χ1v) is 11.5. The maximum atomic E-state index is 13.4. The SMILES string of the molecule is C/C=C(F)\C=C(/CN1CCN(S(=O)c2cccc(C(N)(C(F)(F)F)C(F)(F)F)c2)[C@H](C)C1)C(F)(F)F. The van der Waals surface area contributed by atoms with E-state index in [4.69, 9.17) is 5.73 Å². The molecule has 1 aromatic rings. The first-order valence-electron chi connectivity index (χ1n) is 10.4. The van der Waals surface area contributed by atoms with E-state index in [1.807, 2.05) is 0 Å². The summed E-state index contributed by atoms with van der Waals surface area (Å²) in [5, 5.41) is 0. The Balaban J connectivity index is 2.26. The lowest BCUT2D eigenvalue weighted by Gasteiger charge is -2.39. The Bertz CT molecular complexity index is 1000. The van der Waals surface area contributed by atoms with Crippen molar-refractivity contribution in [1.29, 1.82) is 0 Å². The van der Waals surface area contributed by atoms with Crippen LogP contribution in [0.3, 0.4) is 0 Å². The van der Waals surface area contributed by atoms with Crippen molar-refractivity contribution in [2.24, 2.45) is 5.73 Å². The third kappa shape index (κ3) is 6.47. The van der Waals surface area contributed by atoms with Gasteiger partial charge in [-0.2, -0.15) is 39.5 Å². The van der Waals surface area contributed by atoms with Gasteiger partial charge in [-0.15, -0.1) is 0 Å². The van der Waals surface area contributed by atoms with Crippen LogP contribution in [0.2, 0.25) is 0 Å². The second-order valence-electron chi connectivity index (χ2n) is 8.15. The first-order chi connectivity index (χ1) is 16.3. The van der Waals surface area contributed by atoms with Crippen LogP contribution in [0.25, 0.3) is 0 Å². The van der Waals surface area contributed by atoms with Gasteiger partial charge in [0, 0.05) is 37.8 Å². The molecule has 0 aliphatic carbocycles. The van der Waals surface area contributed by atoms with Gasteiger partial charge in [-0.3, -0.25) is 4.90 Å². The topological polar surface area (TPSA) is 49.6 Å².